The van der Waals surface area contributed by atoms with Gasteiger partial charge in [0, 0.05) is 11.8 Å². The molecule has 8 nitrogen and oxygen atoms in total. The third kappa shape index (κ3) is 3.23. The zero-order valence-corrected chi connectivity index (χ0v) is 13.3. The summed E-state index contributed by atoms with van der Waals surface area (Å²) in [6.45, 7) is 0.929. The van der Waals surface area contributed by atoms with E-state index in [0.717, 1.165) is 11.2 Å². The van der Waals surface area contributed by atoms with Crippen molar-refractivity contribution in [3.8, 4) is 0 Å². The summed E-state index contributed by atoms with van der Waals surface area (Å²) in [5, 5.41) is 15.1. The number of pyridine rings is 1. The van der Waals surface area contributed by atoms with Crippen LogP contribution in [-0.4, -0.2) is 35.3 Å². The first-order chi connectivity index (χ1) is 12.3. The van der Waals surface area contributed by atoms with E-state index in [1.54, 1.807) is 23.1 Å². The van der Waals surface area contributed by atoms with E-state index >= 15 is 0 Å². The fourth-order valence-electron chi connectivity index (χ4n) is 2.54. The number of carbonyl (C=O) groups is 1. The van der Waals surface area contributed by atoms with Crippen LogP contribution in [0, 0.1) is 0 Å². The molecule has 124 valence electrons. The van der Waals surface area contributed by atoms with Crippen molar-refractivity contribution in [2.45, 2.75) is 13.1 Å². The number of amides is 1. The van der Waals surface area contributed by atoms with E-state index in [4.69, 9.17) is 0 Å². The fraction of sp³-hybridized carbons (Fsp3) is 0.118. The van der Waals surface area contributed by atoms with Gasteiger partial charge in [0.25, 0.3) is 5.91 Å². The summed E-state index contributed by atoms with van der Waals surface area (Å²) in [6.07, 6.45) is 5.02. The smallest absolute Gasteiger partial charge is 0.251 e. The zero-order valence-electron chi connectivity index (χ0n) is 13.3. The SMILES string of the molecule is O=C(NCc1nnc2ccccn12)c1ccc(Cn2cncn2)cc1. The summed E-state index contributed by atoms with van der Waals surface area (Å²) in [5.41, 5.74) is 2.39. The van der Waals surface area contributed by atoms with Crippen LogP contribution in [-0.2, 0) is 13.1 Å². The highest BCUT2D eigenvalue weighted by molar-refractivity contribution is 5.94. The molecule has 0 radical (unpaired) electrons. The number of nitrogens with zero attached hydrogens (tertiary/aromatic N) is 6. The van der Waals surface area contributed by atoms with Gasteiger partial charge in [-0.3, -0.25) is 9.20 Å². The van der Waals surface area contributed by atoms with Crippen molar-refractivity contribution in [2.75, 3.05) is 0 Å². The van der Waals surface area contributed by atoms with Crippen LogP contribution in [0.2, 0.25) is 0 Å². The Morgan fingerprint density at radius 2 is 1.96 bits per heavy atom. The molecule has 8 heteroatoms. The minimum Gasteiger partial charge on any atom is -0.345 e. The summed E-state index contributed by atoms with van der Waals surface area (Å²) >= 11 is 0. The zero-order chi connectivity index (χ0) is 17.1. The topological polar surface area (TPSA) is 90.0 Å². The second-order valence-electron chi connectivity index (χ2n) is 5.52. The first-order valence-electron chi connectivity index (χ1n) is 7.78. The van der Waals surface area contributed by atoms with Gasteiger partial charge in [0.15, 0.2) is 11.5 Å². The van der Waals surface area contributed by atoms with E-state index < -0.39 is 0 Å². The first kappa shape index (κ1) is 15.0. The lowest BCUT2D eigenvalue weighted by Gasteiger charge is -2.06. The molecule has 4 aromatic rings. The molecule has 3 heterocycles. The molecule has 1 N–H and O–H groups in total. The Morgan fingerprint density at radius 3 is 2.76 bits per heavy atom. The molecule has 0 bridgehead atoms. The number of aromatic nitrogens is 6. The van der Waals surface area contributed by atoms with Gasteiger partial charge in [0.05, 0.1) is 13.1 Å². The number of carbonyl (C=O) groups excluding carboxylic acids is 1. The van der Waals surface area contributed by atoms with Gasteiger partial charge in [0.1, 0.15) is 12.7 Å². The molecular formula is C17H15N7O. The normalized spacial score (nSPS) is 10.9. The lowest BCUT2D eigenvalue weighted by Crippen LogP contribution is -2.24. The maximum atomic E-state index is 12.3. The van der Waals surface area contributed by atoms with Crippen molar-refractivity contribution in [3.63, 3.8) is 0 Å². The molecule has 0 spiro atoms. The van der Waals surface area contributed by atoms with Gasteiger partial charge >= 0.3 is 0 Å². The number of hydrogen-bond donors (Lipinski definition) is 1. The Morgan fingerprint density at radius 1 is 1.08 bits per heavy atom. The highest BCUT2D eigenvalue weighted by Gasteiger charge is 2.09. The van der Waals surface area contributed by atoms with E-state index in [-0.39, 0.29) is 5.91 Å². The molecule has 0 unspecified atom stereocenters. The average molecular weight is 333 g/mol. The fourth-order valence-corrected chi connectivity index (χ4v) is 2.54. The van der Waals surface area contributed by atoms with Crippen molar-refractivity contribution < 1.29 is 4.79 Å². The predicted octanol–water partition coefficient (Wildman–Crippen LogP) is 1.30. The van der Waals surface area contributed by atoms with E-state index in [2.05, 4.69) is 25.6 Å². The molecular weight excluding hydrogens is 318 g/mol. The van der Waals surface area contributed by atoms with Gasteiger partial charge in [-0.25, -0.2) is 9.67 Å². The van der Waals surface area contributed by atoms with Gasteiger partial charge in [0.2, 0.25) is 0 Å². The molecule has 0 saturated carbocycles. The van der Waals surface area contributed by atoms with E-state index in [9.17, 15) is 4.79 Å². The third-order valence-corrected chi connectivity index (χ3v) is 3.82. The number of benzene rings is 1. The van der Waals surface area contributed by atoms with Crippen molar-refractivity contribution >= 4 is 11.6 Å². The molecule has 0 aliphatic heterocycles. The Labute approximate surface area is 143 Å². The molecule has 1 amide bonds. The van der Waals surface area contributed by atoms with Crippen LogP contribution in [0.1, 0.15) is 21.7 Å². The van der Waals surface area contributed by atoms with Crippen LogP contribution in [0.25, 0.3) is 5.65 Å². The summed E-state index contributed by atoms with van der Waals surface area (Å²) in [5.74, 6) is 0.534. The Kier molecular flexibility index (Phi) is 3.91. The highest BCUT2D eigenvalue weighted by atomic mass is 16.1. The number of fused-ring (bicyclic) bond motifs is 1. The summed E-state index contributed by atoms with van der Waals surface area (Å²) < 4.78 is 3.58. The molecule has 0 atom stereocenters. The number of rotatable bonds is 5. The minimum atomic E-state index is -0.153. The summed E-state index contributed by atoms with van der Waals surface area (Å²) in [4.78, 5) is 16.2. The van der Waals surface area contributed by atoms with Crippen LogP contribution in [0.15, 0.2) is 61.3 Å². The Hall–Kier alpha value is -3.55. The number of nitrogens with one attached hydrogen (secondary N) is 1. The lowest BCUT2D eigenvalue weighted by atomic mass is 10.1. The van der Waals surface area contributed by atoms with Crippen LogP contribution >= 0.6 is 0 Å². The van der Waals surface area contributed by atoms with Gasteiger partial charge in [-0.1, -0.05) is 18.2 Å². The molecule has 0 aliphatic rings. The molecule has 1 aromatic carbocycles. The van der Waals surface area contributed by atoms with Crippen molar-refractivity contribution in [1.82, 2.24) is 34.7 Å². The molecule has 3 aromatic heterocycles. The predicted molar refractivity (Wildman–Crippen MR) is 89.7 cm³/mol. The summed E-state index contributed by atoms with van der Waals surface area (Å²) in [7, 11) is 0. The highest BCUT2D eigenvalue weighted by Crippen LogP contribution is 2.07. The quantitative estimate of drug-likeness (QED) is 0.594. The Bertz CT molecular complexity index is 989. The van der Waals surface area contributed by atoms with Crippen LogP contribution < -0.4 is 5.32 Å². The van der Waals surface area contributed by atoms with Crippen LogP contribution in [0.5, 0.6) is 0 Å². The largest absolute Gasteiger partial charge is 0.345 e. The van der Waals surface area contributed by atoms with Crippen molar-refractivity contribution in [1.29, 1.82) is 0 Å². The minimum absolute atomic E-state index is 0.153. The summed E-state index contributed by atoms with van der Waals surface area (Å²) in [6, 6.07) is 13.1. The van der Waals surface area contributed by atoms with E-state index in [1.807, 2.05) is 40.9 Å². The van der Waals surface area contributed by atoms with Crippen molar-refractivity contribution in [3.05, 3.63) is 78.3 Å². The number of hydrogen-bond acceptors (Lipinski definition) is 5. The van der Waals surface area contributed by atoms with Crippen LogP contribution in [0.4, 0.5) is 0 Å². The van der Waals surface area contributed by atoms with Gasteiger partial charge in [-0.15, -0.1) is 10.2 Å². The second-order valence-corrected chi connectivity index (χ2v) is 5.52. The standard InChI is InChI=1S/C17H15N7O/c25-17(19-9-16-22-21-15-3-1-2-8-24(15)16)14-6-4-13(5-7-14)10-23-12-18-11-20-23/h1-8,11-12H,9-10H2,(H,19,25). The molecule has 25 heavy (non-hydrogen) atoms. The van der Waals surface area contributed by atoms with E-state index in [0.29, 0.717) is 24.5 Å². The average Bonchev–Trinajstić information content (AvgIpc) is 3.30. The Balaban J connectivity index is 1.41. The maximum absolute atomic E-state index is 12.3. The van der Waals surface area contributed by atoms with E-state index in [1.165, 1.54) is 6.33 Å². The monoisotopic (exact) mass is 333 g/mol. The molecule has 0 aliphatic carbocycles. The first-order valence-corrected chi connectivity index (χ1v) is 7.78. The van der Waals surface area contributed by atoms with Gasteiger partial charge < -0.3 is 5.32 Å². The maximum Gasteiger partial charge on any atom is 0.251 e. The molecule has 0 saturated heterocycles. The van der Waals surface area contributed by atoms with Gasteiger partial charge in [-0.05, 0) is 29.8 Å². The van der Waals surface area contributed by atoms with Gasteiger partial charge in [-0.2, -0.15) is 5.10 Å². The van der Waals surface area contributed by atoms with Crippen molar-refractivity contribution in [2.24, 2.45) is 0 Å². The lowest BCUT2D eigenvalue weighted by molar-refractivity contribution is 0.0950. The molecule has 0 fully saturated rings. The van der Waals surface area contributed by atoms with Crippen LogP contribution in [0.3, 0.4) is 0 Å². The second kappa shape index (κ2) is 6.52. The third-order valence-electron chi connectivity index (χ3n) is 3.82. The molecule has 4 rings (SSSR count).